The first-order valence-electron chi connectivity index (χ1n) is 11.1. The molecule has 2 aromatic carbocycles. The highest BCUT2D eigenvalue weighted by atomic mass is 35.5. The Kier molecular flexibility index (Phi) is 9.24. The molecule has 5 nitrogen and oxygen atoms in total. The number of benzene rings is 2. The molecule has 3 rings (SSSR count). The third-order valence-electron chi connectivity index (χ3n) is 5.89. The number of nitrogens with zero attached hydrogens (tertiary/aromatic N) is 1. The Bertz CT molecular complexity index is 879. The van der Waals surface area contributed by atoms with Crippen LogP contribution in [0.1, 0.15) is 55.7 Å². The smallest absolute Gasteiger partial charge is 0.247 e. The number of rotatable bonds is 8. The van der Waals surface area contributed by atoms with Crippen LogP contribution in [0.4, 0.5) is 0 Å². The third kappa shape index (κ3) is 6.63. The lowest BCUT2D eigenvalue weighted by molar-refractivity contribution is -0.140. The van der Waals surface area contributed by atoms with Crippen molar-refractivity contribution in [3.63, 3.8) is 0 Å². The number of halogens is 2. The highest BCUT2D eigenvalue weighted by Gasteiger charge is 2.32. The Labute approximate surface area is 200 Å². The molecule has 1 fully saturated rings. The summed E-state index contributed by atoms with van der Waals surface area (Å²) in [4.78, 5) is 28.0. The maximum Gasteiger partial charge on any atom is 0.247 e. The maximum atomic E-state index is 13.6. The Morgan fingerprint density at radius 3 is 2.22 bits per heavy atom. The normalized spacial score (nSPS) is 15.5. The highest BCUT2D eigenvalue weighted by molar-refractivity contribution is 6.30. The van der Waals surface area contributed by atoms with Crippen molar-refractivity contribution >= 4 is 35.0 Å². The van der Waals surface area contributed by atoms with Gasteiger partial charge in [0.05, 0.1) is 7.11 Å². The molecule has 1 aliphatic rings. The molecule has 2 amide bonds. The number of carbonyl (C=O) groups is 2. The van der Waals surface area contributed by atoms with Crippen molar-refractivity contribution < 1.29 is 14.3 Å². The van der Waals surface area contributed by atoms with Crippen LogP contribution in [0.5, 0.6) is 5.75 Å². The van der Waals surface area contributed by atoms with Crippen molar-refractivity contribution in [2.45, 2.75) is 57.2 Å². The van der Waals surface area contributed by atoms with Gasteiger partial charge in [-0.1, -0.05) is 61.5 Å². The third-order valence-corrected chi connectivity index (χ3v) is 6.37. The van der Waals surface area contributed by atoms with Gasteiger partial charge in [0.25, 0.3) is 0 Å². The molecule has 1 aliphatic carbocycles. The summed E-state index contributed by atoms with van der Waals surface area (Å²) in [5, 5.41) is 3.78. The van der Waals surface area contributed by atoms with Gasteiger partial charge < -0.3 is 15.0 Å². The first kappa shape index (κ1) is 24.4. The number of amides is 2. The maximum absolute atomic E-state index is 13.6. The van der Waals surface area contributed by atoms with Gasteiger partial charge >= 0.3 is 0 Å². The minimum absolute atomic E-state index is 0.119. The fraction of sp³-hybridized carbons (Fsp3) is 0.440. The Balaban J connectivity index is 1.91. The number of hydrogen-bond acceptors (Lipinski definition) is 3. The Morgan fingerprint density at radius 2 is 1.66 bits per heavy atom. The van der Waals surface area contributed by atoms with Gasteiger partial charge in [0.1, 0.15) is 17.7 Å². The number of carbonyl (C=O) groups excluding carboxylic acids is 2. The van der Waals surface area contributed by atoms with Crippen molar-refractivity contribution in [1.29, 1.82) is 0 Å². The summed E-state index contributed by atoms with van der Waals surface area (Å²) >= 11 is 12.1. The zero-order chi connectivity index (χ0) is 22.9. The number of hydrogen-bond donors (Lipinski definition) is 1. The minimum atomic E-state index is -0.802. The van der Waals surface area contributed by atoms with Crippen molar-refractivity contribution in [2.24, 2.45) is 0 Å². The van der Waals surface area contributed by atoms with E-state index in [1.165, 1.54) is 12.8 Å². The van der Waals surface area contributed by atoms with Crippen molar-refractivity contribution in [3.8, 4) is 5.75 Å². The molecule has 2 aromatic rings. The van der Waals surface area contributed by atoms with Gasteiger partial charge in [0.15, 0.2) is 0 Å². The van der Waals surface area contributed by atoms with E-state index in [-0.39, 0.29) is 30.3 Å². The van der Waals surface area contributed by atoms with Crippen LogP contribution in [0.25, 0.3) is 0 Å². The molecule has 0 spiro atoms. The van der Waals surface area contributed by atoms with Crippen molar-refractivity contribution in [3.05, 3.63) is 64.7 Å². The summed E-state index contributed by atoms with van der Waals surface area (Å²) in [6, 6.07) is 13.8. The molecular formula is C25H30Cl2N2O3. The second-order valence-corrected chi connectivity index (χ2v) is 8.86. The molecule has 172 valence electrons. The molecule has 0 radical (unpaired) electrons. The largest absolute Gasteiger partial charge is 0.497 e. The number of ether oxygens (including phenoxy) is 1. The monoisotopic (exact) mass is 476 g/mol. The molecule has 1 atom stereocenters. The molecule has 32 heavy (non-hydrogen) atoms. The van der Waals surface area contributed by atoms with Gasteiger partial charge in [-0.25, -0.2) is 0 Å². The lowest BCUT2D eigenvalue weighted by atomic mass is 10.0. The van der Waals surface area contributed by atoms with E-state index in [9.17, 15) is 9.59 Å². The second kappa shape index (κ2) is 12.1. The molecule has 0 saturated heterocycles. The average Bonchev–Trinajstić information content (AvgIpc) is 3.08. The van der Waals surface area contributed by atoms with Crippen molar-refractivity contribution in [2.75, 3.05) is 13.0 Å². The lowest BCUT2D eigenvalue weighted by Crippen LogP contribution is -2.46. The molecule has 0 heterocycles. The van der Waals surface area contributed by atoms with Gasteiger partial charge in [0, 0.05) is 17.6 Å². The summed E-state index contributed by atoms with van der Waals surface area (Å²) in [6.07, 6.45) is 6.52. The fourth-order valence-corrected chi connectivity index (χ4v) is 4.43. The zero-order valence-corrected chi connectivity index (χ0v) is 19.9. The van der Waals surface area contributed by atoms with E-state index in [1.54, 1.807) is 36.3 Å². The minimum Gasteiger partial charge on any atom is -0.497 e. The van der Waals surface area contributed by atoms with Gasteiger partial charge in [0.2, 0.25) is 11.8 Å². The van der Waals surface area contributed by atoms with E-state index in [1.807, 2.05) is 24.3 Å². The zero-order valence-electron chi connectivity index (χ0n) is 18.4. The summed E-state index contributed by atoms with van der Waals surface area (Å²) in [5.41, 5.74) is 1.58. The molecule has 0 unspecified atom stereocenters. The second-order valence-electron chi connectivity index (χ2n) is 8.15. The SMILES string of the molecule is COc1ccc(CN(C(=O)CCl)[C@H](C(=O)NC2CCCCCC2)c2ccc(Cl)cc2)cc1. The van der Waals surface area contributed by atoms with Crippen LogP contribution in [-0.2, 0) is 16.1 Å². The standard InChI is InChI=1S/C25H30Cl2N2O3/c1-32-22-14-8-18(9-15-22)17-29(23(30)16-26)24(19-10-12-20(27)13-11-19)25(31)28-21-6-4-2-3-5-7-21/h8-15,21,24H,2-7,16-17H2,1H3,(H,28,31)/t24-/m0/s1. The number of alkyl halides is 1. The summed E-state index contributed by atoms with van der Waals surface area (Å²) in [6.45, 7) is 0.251. The van der Waals surface area contributed by atoms with E-state index < -0.39 is 6.04 Å². The van der Waals surface area contributed by atoms with Crippen LogP contribution >= 0.6 is 23.2 Å². The van der Waals surface area contributed by atoms with Crippen LogP contribution in [0.3, 0.4) is 0 Å². The molecule has 0 bridgehead atoms. The number of nitrogens with one attached hydrogen (secondary N) is 1. The topological polar surface area (TPSA) is 58.6 Å². The first-order chi connectivity index (χ1) is 15.5. The van der Waals surface area contributed by atoms with E-state index in [0.29, 0.717) is 10.6 Å². The molecular weight excluding hydrogens is 447 g/mol. The van der Waals surface area contributed by atoms with E-state index in [2.05, 4.69) is 5.32 Å². The van der Waals surface area contributed by atoms with Gasteiger partial charge in [-0.15, -0.1) is 11.6 Å². The molecule has 1 saturated carbocycles. The van der Waals surface area contributed by atoms with E-state index in [4.69, 9.17) is 27.9 Å². The van der Waals surface area contributed by atoms with E-state index in [0.717, 1.165) is 37.0 Å². The number of methoxy groups -OCH3 is 1. The van der Waals surface area contributed by atoms with Gasteiger partial charge in [-0.2, -0.15) is 0 Å². The van der Waals surface area contributed by atoms with E-state index >= 15 is 0 Å². The Hall–Kier alpha value is -2.24. The summed E-state index contributed by atoms with van der Waals surface area (Å²) in [7, 11) is 1.60. The van der Waals surface area contributed by atoms with Crippen LogP contribution in [0, 0.1) is 0 Å². The summed E-state index contributed by atoms with van der Waals surface area (Å²) in [5.74, 6) is 0.0192. The predicted molar refractivity (Wildman–Crippen MR) is 128 cm³/mol. The Morgan fingerprint density at radius 1 is 1.03 bits per heavy atom. The highest BCUT2D eigenvalue weighted by Crippen LogP contribution is 2.27. The molecule has 0 aliphatic heterocycles. The van der Waals surface area contributed by atoms with Crippen LogP contribution in [0.15, 0.2) is 48.5 Å². The van der Waals surface area contributed by atoms with Crippen LogP contribution < -0.4 is 10.1 Å². The lowest BCUT2D eigenvalue weighted by Gasteiger charge is -2.32. The molecule has 7 heteroatoms. The molecule has 1 N–H and O–H groups in total. The van der Waals surface area contributed by atoms with Gasteiger partial charge in [-0.05, 0) is 48.2 Å². The molecule has 0 aromatic heterocycles. The van der Waals surface area contributed by atoms with Crippen molar-refractivity contribution in [1.82, 2.24) is 10.2 Å². The quantitative estimate of drug-likeness (QED) is 0.404. The average molecular weight is 477 g/mol. The first-order valence-corrected chi connectivity index (χ1v) is 12.0. The fourth-order valence-electron chi connectivity index (χ4n) is 4.15. The summed E-state index contributed by atoms with van der Waals surface area (Å²) < 4.78 is 5.23. The van der Waals surface area contributed by atoms with Crippen LogP contribution in [0.2, 0.25) is 5.02 Å². The van der Waals surface area contributed by atoms with Crippen LogP contribution in [-0.4, -0.2) is 35.7 Å². The predicted octanol–water partition coefficient (Wildman–Crippen LogP) is 5.50. The van der Waals surface area contributed by atoms with Gasteiger partial charge in [-0.3, -0.25) is 9.59 Å².